The number of hydrogen-bond acceptors (Lipinski definition) is 5. The van der Waals surface area contributed by atoms with Crippen molar-refractivity contribution in [2.75, 3.05) is 17.8 Å². The van der Waals surface area contributed by atoms with E-state index in [4.69, 9.17) is 5.26 Å². The van der Waals surface area contributed by atoms with Gasteiger partial charge in [-0.25, -0.2) is 8.42 Å². The first kappa shape index (κ1) is 13.7. The summed E-state index contributed by atoms with van der Waals surface area (Å²) >= 11 is 1.30. The van der Waals surface area contributed by atoms with Crippen molar-refractivity contribution >= 4 is 27.9 Å². The third-order valence-corrected chi connectivity index (χ3v) is 4.25. The van der Waals surface area contributed by atoms with E-state index in [9.17, 15) is 13.2 Å². The lowest BCUT2D eigenvalue weighted by Crippen LogP contribution is -2.05. The fourth-order valence-electron chi connectivity index (χ4n) is 1.14. The molecule has 0 spiro atoms. The van der Waals surface area contributed by atoms with E-state index in [1.54, 1.807) is 12.1 Å². The second-order valence-corrected chi connectivity index (χ2v) is 6.86. The minimum absolute atomic E-state index is 0.0674. The van der Waals surface area contributed by atoms with Crippen LogP contribution in [-0.2, 0) is 9.84 Å². The number of hydrogen-bond donors (Lipinski definition) is 0. The number of nitrogens with zero attached hydrogens (tertiary/aromatic N) is 1. The molecule has 0 aromatic heterocycles. The average molecular weight is 269 g/mol. The summed E-state index contributed by atoms with van der Waals surface area (Å²) in [5, 5.41) is 8.90. The summed E-state index contributed by atoms with van der Waals surface area (Å²) < 4.78 is 21.9. The van der Waals surface area contributed by atoms with Gasteiger partial charge in [-0.1, -0.05) is 6.07 Å². The van der Waals surface area contributed by atoms with Gasteiger partial charge in [0.2, 0.25) is 0 Å². The number of sulfone groups is 1. The topological polar surface area (TPSA) is 75.0 Å². The van der Waals surface area contributed by atoms with Crippen LogP contribution in [0.4, 0.5) is 0 Å². The number of carbonyl (C=O) groups is 1. The Labute approximate surface area is 105 Å². The van der Waals surface area contributed by atoms with Crippen molar-refractivity contribution in [3.63, 3.8) is 0 Å². The van der Waals surface area contributed by atoms with Gasteiger partial charge in [-0.15, -0.1) is 11.8 Å². The van der Waals surface area contributed by atoms with Crippen LogP contribution in [0.25, 0.3) is 0 Å². The van der Waals surface area contributed by atoms with Gasteiger partial charge < -0.3 is 0 Å². The normalized spacial score (nSPS) is 10.8. The zero-order valence-electron chi connectivity index (χ0n) is 9.21. The highest BCUT2D eigenvalue weighted by Crippen LogP contribution is 2.23. The summed E-state index contributed by atoms with van der Waals surface area (Å²) in [5.41, 5.74) is 0.835. The van der Waals surface area contributed by atoms with Gasteiger partial charge in [-0.05, 0) is 12.1 Å². The minimum Gasteiger partial charge on any atom is -0.298 e. The monoisotopic (exact) mass is 269 g/mol. The summed E-state index contributed by atoms with van der Waals surface area (Å²) in [5.74, 6) is 0.464. The molecule has 0 radical (unpaired) electrons. The number of benzene rings is 1. The van der Waals surface area contributed by atoms with E-state index < -0.39 is 9.84 Å². The van der Waals surface area contributed by atoms with Crippen molar-refractivity contribution in [2.45, 2.75) is 4.90 Å². The molecule has 1 aromatic rings. The van der Waals surface area contributed by atoms with Crippen LogP contribution in [0.3, 0.4) is 0 Å². The molecule has 0 saturated carbocycles. The maximum absolute atomic E-state index is 11.0. The van der Waals surface area contributed by atoms with Gasteiger partial charge >= 0.3 is 0 Å². The molecule has 1 rings (SSSR count). The standard InChI is InChI=1S/C11H11NO3S2/c1-17(14,15)5-4-16-11-3-2-9(8-13)6-10(11)7-12/h2-3,6,8H,4-5H2,1H3. The lowest BCUT2D eigenvalue weighted by molar-refractivity contribution is 0.112. The molecule has 17 heavy (non-hydrogen) atoms. The highest BCUT2D eigenvalue weighted by molar-refractivity contribution is 8.00. The minimum atomic E-state index is -2.99. The second-order valence-electron chi connectivity index (χ2n) is 3.46. The van der Waals surface area contributed by atoms with E-state index in [-0.39, 0.29) is 5.75 Å². The van der Waals surface area contributed by atoms with Crippen molar-refractivity contribution in [3.8, 4) is 6.07 Å². The molecule has 0 fully saturated rings. The number of thioether (sulfide) groups is 1. The maximum atomic E-state index is 11.0. The number of carbonyl (C=O) groups excluding carboxylic acids is 1. The molecule has 4 nitrogen and oxygen atoms in total. The summed E-state index contributed by atoms with van der Waals surface area (Å²) in [6.07, 6.45) is 1.85. The lowest BCUT2D eigenvalue weighted by Gasteiger charge is -2.03. The Morgan fingerprint density at radius 3 is 2.71 bits per heavy atom. The SMILES string of the molecule is CS(=O)(=O)CCSc1ccc(C=O)cc1C#N. The first-order valence-electron chi connectivity index (χ1n) is 4.76. The highest BCUT2D eigenvalue weighted by Gasteiger charge is 2.07. The molecule has 0 unspecified atom stereocenters. The summed E-state index contributed by atoms with van der Waals surface area (Å²) in [7, 11) is -2.99. The molecule has 90 valence electrons. The van der Waals surface area contributed by atoms with Crippen LogP contribution in [0.1, 0.15) is 15.9 Å². The number of nitriles is 1. The molecule has 0 aliphatic heterocycles. The van der Waals surface area contributed by atoms with Crippen LogP contribution >= 0.6 is 11.8 Å². The molecule has 0 amide bonds. The smallest absolute Gasteiger partial charge is 0.150 e. The van der Waals surface area contributed by atoms with E-state index in [1.165, 1.54) is 24.1 Å². The van der Waals surface area contributed by atoms with Gasteiger partial charge in [-0.3, -0.25) is 4.79 Å². The molecule has 0 saturated heterocycles. The Morgan fingerprint density at radius 2 is 2.18 bits per heavy atom. The number of aldehydes is 1. The molecule has 0 aliphatic rings. The van der Waals surface area contributed by atoms with Gasteiger partial charge in [-0.2, -0.15) is 5.26 Å². The molecule has 6 heteroatoms. The van der Waals surface area contributed by atoms with Crippen molar-refractivity contribution in [1.82, 2.24) is 0 Å². The molecule has 0 heterocycles. The van der Waals surface area contributed by atoms with Crippen LogP contribution in [0.2, 0.25) is 0 Å². The van der Waals surface area contributed by atoms with Gasteiger partial charge in [0.05, 0.1) is 11.3 Å². The molecule has 0 bridgehead atoms. The molecular weight excluding hydrogens is 258 g/mol. The third kappa shape index (κ3) is 4.59. The van der Waals surface area contributed by atoms with Crippen LogP contribution in [0.5, 0.6) is 0 Å². The van der Waals surface area contributed by atoms with Crippen LogP contribution in [0.15, 0.2) is 23.1 Å². The largest absolute Gasteiger partial charge is 0.298 e. The molecular formula is C11H11NO3S2. The average Bonchev–Trinajstić information content (AvgIpc) is 2.27. The Bertz CT molecular complexity index is 559. The molecule has 0 aliphatic carbocycles. The Morgan fingerprint density at radius 1 is 1.47 bits per heavy atom. The first-order chi connectivity index (χ1) is 7.96. The van der Waals surface area contributed by atoms with E-state index in [1.807, 2.05) is 6.07 Å². The summed E-state index contributed by atoms with van der Waals surface area (Å²) in [6.45, 7) is 0. The Kier molecular flexibility index (Phi) is 4.73. The van der Waals surface area contributed by atoms with E-state index in [0.717, 1.165) is 0 Å². The molecule has 1 aromatic carbocycles. The maximum Gasteiger partial charge on any atom is 0.150 e. The van der Waals surface area contributed by atoms with Crippen molar-refractivity contribution in [3.05, 3.63) is 29.3 Å². The van der Waals surface area contributed by atoms with E-state index >= 15 is 0 Å². The van der Waals surface area contributed by atoms with Crippen LogP contribution in [-0.4, -0.2) is 32.5 Å². The van der Waals surface area contributed by atoms with Gasteiger partial charge in [0.15, 0.2) is 0 Å². The van der Waals surface area contributed by atoms with Gasteiger partial charge in [0.25, 0.3) is 0 Å². The van der Waals surface area contributed by atoms with Gasteiger partial charge in [0.1, 0.15) is 22.2 Å². The zero-order chi connectivity index (χ0) is 12.9. The molecule has 0 N–H and O–H groups in total. The highest BCUT2D eigenvalue weighted by atomic mass is 32.2. The Hall–Kier alpha value is -1.32. The quantitative estimate of drug-likeness (QED) is 0.598. The molecule has 0 atom stereocenters. The fraction of sp³-hybridized carbons (Fsp3) is 0.273. The second kappa shape index (κ2) is 5.84. The van der Waals surface area contributed by atoms with E-state index in [2.05, 4.69) is 0 Å². The third-order valence-electron chi connectivity index (χ3n) is 1.97. The van der Waals surface area contributed by atoms with Crippen LogP contribution in [0, 0.1) is 11.3 Å². The van der Waals surface area contributed by atoms with Gasteiger partial charge in [0, 0.05) is 22.5 Å². The fourth-order valence-corrected chi connectivity index (χ4v) is 3.33. The zero-order valence-corrected chi connectivity index (χ0v) is 10.8. The van der Waals surface area contributed by atoms with Crippen molar-refractivity contribution in [2.24, 2.45) is 0 Å². The Balaban J connectivity index is 2.78. The predicted molar refractivity (Wildman–Crippen MR) is 67.0 cm³/mol. The summed E-state index contributed by atoms with van der Waals surface area (Å²) in [6, 6.07) is 6.75. The number of rotatable bonds is 5. The lowest BCUT2D eigenvalue weighted by atomic mass is 10.1. The van der Waals surface area contributed by atoms with Crippen molar-refractivity contribution < 1.29 is 13.2 Å². The van der Waals surface area contributed by atoms with E-state index in [0.29, 0.717) is 28.1 Å². The van der Waals surface area contributed by atoms with Crippen LogP contribution < -0.4 is 0 Å². The first-order valence-corrected chi connectivity index (χ1v) is 7.81. The summed E-state index contributed by atoms with van der Waals surface area (Å²) in [4.78, 5) is 11.2. The van der Waals surface area contributed by atoms with Crippen molar-refractivity contribution in [1.29, 1.82) is 5.26 Å². The predicted octanol–water partition coefficient (Wildman–Crippen LogP) is 1.51.